The van der Waals surface area contributed by atoms with Crippen LogP contribution in [0.15, 0.2) is 41.3 Å². The summed E-state index contributed by atoms with van der Waals surface area (Å²) in [4.78, 5) is 12.6. The second-order valence-corrected chi connectivity index (χ2v) is 8.84. The number of aryl methyl sites for hydroxylation is 2. The Morgan fingerprint density at radius 2 is 1.77 bits per heavy atom. The van der Waals surface area contributed by atoms with Gasteiger partial charge in [-0.3, -0.25) is 4.79 Å². The minimum absolute atomic E-state index is 0.0191. The Balaban J connectivity index is 1.90. The predicted octanol–water partition coefficient (Wildman–Crippen LogP) is 3.99. The van der Waals surface area contributed by atoms with Crippen molar-refractivity contribution >= 4 is 33.2 Å². The monoisotopic (exact) mass is 392 g/mol. The summed E-state index contributed by atoms with van der Waals surface area (Å²) < 4.78 is 27.0. The molecule has 1 amide bonds. The summed E-state index contributed by atoms with van der Waals surface area (Å²) in [5.41, 5.74) is 3.00. The van der Waals surface area contributed by atoms with Gasteiger partial charge in [-0.25, -0.2) is 8.42 Å². The SMILES string of the molecule is Cc1ccc(NC(=O)c2ccc(Cl)c(S(=O)(=O)N3CCCC3)c2)c(C)c1. The molecule has 1 aliphatic heterocycles. The Kier molecular flexibility index (Phi) is 5.37. The maximum absolute atomic E-state index is 12.8. The van der Waals surface area contributed by atoms with E-state index in [2.05, 4.69) is 5.32 Å². The van der Waals surface area contributed by atoms with Crippen molar-refractivity contribution in [3.63, 3.8) is 0 Å². The molecule has 7 heteroatoms. The van der Waals surface area contributed by atoms with Gasteiger partial charge >= 0.3 is 0 Å². The number of rotatable bonds is 4. The molecule has 1 saturated heterocycles. The summed E-state index contributed by atoms with van der Waals surface area (Å²) in [5, 5.41) is 2.96. The van der Waals surface area contributed by atoms with E-state index in [1.54, 1.807) is 0 Å². The lowest BCUT2D eigenvalue weighted by molar-refractivity contribution is 0.102. The molecule has 0 spiro atoms. The van der Waals surface area contributed by atoms with Crippen LogP contribution in [-0.2, 0) is 10.0 Å². The Morgan fingerprint density at radius 1 is 1.08 bits per heavy atom. The molecule has 0 saturated carbocycles. The normalized spacial score (nSPS) is 15.2. The number of halogens is 1. The highest BCUT2D eigenvalue weighted by Gasteiger charge is 2.29. The molecule has 0 unspecified atom stereocenters. The smallest absolute Gasteiger partial charge is 0.255 e. The molecular formula is C19H21ClN2O3S. The van der Waals surface area contributed by atoms with Crippen molar-refractivity contribution in [1.29, 1.82) is 0 Å². The van der Waals surface area contributed by atoms with Crippen molar-refractivity contribution in [3.8, 4) is 0 Å². The maximum Gasteiger partial charge on any atom is 0.255 e. The number of nitrogens with one attached hydrogen (secondary N) is 1. The molecule has 5 nitrogen and oxygen atoms in total. The van der Waals surface area contributed by atoms with Crippen molar-refractivity contribution in [2.75, 3.05) is 18.4 Å². The van der Waals surface area contributed by atoms with Crippen molar-refractivity contribution in [2.45, 2.75) is 31.6 Å². The summed E-state index contributed by atoms with van der Waals surface area (Å²) in [7, 11) is -3.69. The van der Waals surface area contributed by atoms with Crippen molar-refractivity contribution in [2.24, 2.45) is 0 Å². The topological polar surface area (TPSA) is 66.5 Å². The van der Waals surface area contributed by atoms with Gasteiger partial charge in [0.25, 0.3) is 5.91 Å². The molecule has 0 aliphatic carbocycles. The Hall–Kier alpha value is -1.89. The van der Waals surface area contributed by atoms with Gasteiger partial charge in [0.2, 0.25) is 10.0 Å². The molecule has 0 bridgehead atoms. The highest BCUT2D eigenvalue weighted by Crippen LogP contribution is 2.28. The van der Waals surface area contributed by atoms with Gasteiger partial charge in [0.15, 0.2) is 0 Å². The van der Waals surface area contributed by atoms with Gasteiger partial charge in [0.1, 0.15) is 4.90 Å². The predicted molar refractivity (Wildman–Crippen MR) is 103 cm³/mol. The maximum atomic E-state index is 12.8. The quantitative estimate of drug-likeness (QED) is 0.855. The molecule has 26 heavy (non-hydrogen) atoms. The number of amides is 1. The van der Waals surface area contributed by atoms with Crippen molar-refractivity contribution in [1.82, 2.24) is 4.31 Å². The van der Waals surface area contributed by atoms with Gasteiger partial charge in [-0.15, -0.1) is 0 Å². The van der Waals surface area contributed by atoms with Gasteiger partial charge in [-0.05, 0) is 56.5 Å². The number of hydrogen-bond acceptors (Lipinski definition) is 3. The lowest BCUT2D eigenvalue weighted by Crippen LogP contribution is -2.28. The van der Waals surface area contributed by atoms with Gasteiger partial charge < -0.3 is 5.32 Å². The van der Waals surface area contributed by atoms with Crippen LogP contribution in [0.25, 0.3) is 0 Å². The second-order valence-electron chi connectivity index (χ2n) is 6.53. The average molecular weight is 393 g/mol. The third kappa shape index (κ3) is 3.77. The fraction of sp³-hybridized carbons (Fsp3) is 0.316. The lowest BCUT2D eigenvalue weighted by atomic mass is 10.1. The van der Waals surface area contributed by atoms with E-state index in [1.165, 1.54) is 22.5 Å². The largest absolute Gasteiger partial charge is 0.322 e. The zero-order valence-electron chi connectivity index (χ0n) is 14.8. The summed E-state index contributed by atoms with van der Waals surface area (Å²) in [6.07, 6.45) is 1.67. The molecule has 3 rings (SSSR count). The summed E-state index contributed by atoms with van der Waals surface area (Å²) >= 11 is 6.13. The third-order valence-corrected chi connectivity index (χ3v) is 6.89. The summed E-state index contributed by atoms with van der Waals surface area (Å²) in [6, 6.07) is 10.1. The van der Waals surface area contributed by atoms with Crippen LogP contribution in [0.3, 0.4) is 0 Å². The van der Waals surface area contributed by atoms with Crippen LogP contribution in [0.5, 0.6) is 0 Å². The fourth-order valence-electron chi connectivity index (χ4n) is 3.06. The summed E-state index contributed by atoms with van der Waals surface area (Å²) in [5.74, 6) is -0.369. The number of anilines is 1. The highest BCUT2D eigenvalue weighted by molar-refractivity contribution is 7.89. The minimum atomic E-state index is -3.69. The molecule has 1 fully saturated rings. The number of carbonyl (C=O) groups is 1. The molecule has 0 atom stereocenters. The highest BCUT2D eigenvalue weighted by atomic mass is 35.5. The molecule has 138 valence electrons. The first-order valence-electron chi connectivity index (χ1n) is 8.47. The molecule has 1 aliphatic rings. The van der Waals surface area contributed by atoms with Crippen LogP contribution in [-0.4, -0.2) is 31.7 Å². The van der Waals surface area contributed by atoms with Crippen LogP contribution >= 0.6 is 11.6 Å². The average Bonchev–Trinajstić information content (AvgIpc) is 3.13. The third-order valence-electron chi connectivity index (χ3n) is 4.51. The molecule has 2 aromatic carbocycles. The first kappa shape index (κ1) is 18.9. The van der Waals surface area contributed by atoms with E-state index in [-0.39, 0.29) is 21.4 Å². The first-order chi connectivity index (χ1) is 12.3. The van der Waals surface area contributed by atoms with E-state index < -0.39 is 10.0 Å². The number of hydrogen-bond donors (Lipinski definition) is 1. The van der Waals surface area contributed by atoms with Crippen LogP contribution in [0.2, 0.25) is 5.02 Å². The minimum Gasteiger partial charge on any atom is -0.322 e. The number of carbonyl (C=O) groups excluding carboxylic acids is 1. The van der Waals surface area contributed by atoms with Crippen LogP contribution in [0.4, 0.5) is 5.69 Å². The fourth-order valence-corrected chi connectivity index (χ4v) is 5.08. The second kappa shape index (κ2) is 7.39. The standard InChI is InChI=1S/C19H21ClN2O3S/c1-13-5-8-17(14(2)11-13)21-19(23)15-6-7-16(20)18(12-15)26(24,25)22-9-3-4-10-22/h5-8,11-12H,3-4,9-10H2,1-2H3,(H,21,23). The molecule has 0 radical (unpaired) electrons. The van der Waals surface area contributed by atoms with E-state index in [4.69, 9.17) is 11.6 Å². The van der Waals surface area contributed by atoms with E-state index in [1.807, 2.05) is 32.0 Å². The molecule has 0 aromatic heterocycles. The molecule has 2 aromatic rings. The molecule has 1 heterocycles. The van der Waals surface area contributed by atoms with Crippen LogP contribution in [0, 0.1) is 13.8 Å². The zero-order chi connectivity index (χ0) is 18.9. The van der Waals surface area contributed by atoms with E-state index in [0.717, 1.165) is 24.0 Å². The van der Waals surface area contributed by atoms with Gasteiger partial charge in [0.05, 0.1) is 5.02 Å². The Bertz CT molecular complexity index is 951. The summed E-state index contributed by atoms with van der Waals surface area (Å²) in [6.45, 7) is 4.86. The van der Waals surface area contributed by atoms with Crippen LogP contribution < -0.4 is 5.32 Å². The van der Waals surface area contributed by atoms with Crippen molar-refractivity contribution in [3.05, 3.63) is 58.1 Å². The van der Waals surface area contributed by atoms with Gasteiger partial charge in [-0.1, -0.05) is 29.3 Å². The number of benzene rings is 2. The van der Waals surface area contributed by atoms with E-state index in [9.17, 15) is 13.2 Å². The molecule has 1 N–H and O–H groups in total. The van der Waals surface area contributed by atoms with Gasteiger partial charge in [-0.2, -0.15) is 4.31 Å². The Morgan fingerprint density at radius 3 is 2.42 bits per heavy atom. The number of sulfonamides is 1. The molecular weight excluding hydrogens is 372 g/mol. The Labute approximate surface area is 159 Å². The van der Waals surface area contributed by atoms with Crippen LogP contribution in [0.1, 0.15) is 34.3 Å². The van der Waals surface area contributed by atoms with E-state index in [0.29, 0.717) is 18.8 Å². The van der Waals surface area contributed by atoms with E-state index >= 15 is 0 Å². The number of nitrogens with zero attached hydrogens (tertiary/aromatic N) is 1. The zero-order valence-corrected chi connectivity index (χ0v) is 16.3. The van der Waals surface area contributed by atoms with Gasteiger partial charge in [0, 0.05) is 24.3 Å². The lowest BCUT2D eigenvalue weighted by Gasteiger charge is -2.17. The van der Waals surface area contributed by atoms with Crippen molar-refractivity contribution < 1.29 is 13.2 Å². The first-order valence-corrected chi connectivity index (χ1v) is 10.3.